The van der Waals surface area contributed by atoms with Gasteiger partial charge in [-0.05, 0) is 44.9 Å². The molecule has 67 heavy (non-hydrogen) atoms. The fraction of sp³-hybridized carbons (Fsp3) is 0.918. The second-order valence-electron chi connectivity index (χ2n) is 20.6. The second kappa shape index (κ2) is 56.7. The van der Waals surface area contributed by atoms with Crippen LogP contribution in [0.4, 0.5) is 0 Å². The normalized spacial score (nSPS) is 12.0. The number of allylic oxidation sites excluding steroid dienone is 2. The molecule has 0 fully saturated rings. The summed E-state index contributed by atoms with van der Waals surface area (Å²) in [4.78, 5) is 38.0. The lowest BCUT2D eigenvalue weighted by Gasteiger charge is -2.18. The minimum atomic E-state index is -0.768. The van der Waals surface area contributed by atoms with E-state index in [2.05, 4.69) is 32.9 Å². The molecule has 0 heterocycles. The van der Waals surface area contributed by atoms with Crippen molar-refractivity contribution in [3.8, 4) is 0 Å². The van der Waals surface area contributed by atoms with Crippen molar-refractivity contribution in [1.82, 2.24) is 0 Å². The summed E-state index contributed by atoms with van der Waals surface area (Å²) in [5, 5.41) is 0. The first-order valence-electron chi connectivity index (χ1n) is 30.2. The van der Waals surface area contributed by atoms with Crippen molar-refractivity contribution < 1.29 is 28.6 Å². The third-order valence-electron chi connectivity index (χ3n) is 13.8. The Balaban J connectivity index is 4.15. The molecular weight excluding hydrogens is 829 g/mol. The molecule has 1 atom stereocenters. The Morgan fingerprint density at radius 2 is 0.493 bits per heavy atom. The summed E-state index contributed by atoms with van der Waals surface area (Å²) < 4.78 is 16.8. The van der Waals surface area contributed by atoms with Gasteiger partial charge >= 0.3 is 17.9 Å². The molecule has 0 amide bonds. The van der Waals surface area contributed by atoms with Crippen molar-refractivity contribution in [1.29, 1.82) is 0 Å². The molecule has 396 valence electrons. The van der Waals surface area contributed by atoms with Gasteiger partial charge in [-0.15, -0.1) is 0 Å². The Bertz CT molecular complexity index is 1040. The van der Waals surface area contributed by atoms with E-state index in [1.54, 1.807) is 0 Å². The monoisotopic (exact) mass is 945 g/mol. The summed E-state index contributed by atoms with van der Waals surface area (Å²) in [6, 6.07) is 0. The third-order valence-corrected chi connectivity index (χ3v) is 13.8. The van der Waals surface area contributed by atoms with Crippen LogP contribution in [0.3, 0.4) is 0 Å². The van der Waals surface area contributed by atoms with Gasteiger partial charge in [-0.2, -0.15) is 0 Å². The minimum Gasteiger partial charge on any atom is -0.462 e. The van der Waals surface area contributed by atoms with Gasteiger partial charge in [0.15, 0.2) is 6.10 Å². The van der Waals surface area contributed by atoms with E-state index in [4.69, 9.17) is 14.2 Å². The second-order valence-corrected chi connectivity index (χ2v) is 20.6. The van der Waals surface area contributed by atoms with Crippen LogP contribution in [-0.4, -0.2) is 37.2 Å². The van der Waals surface area contributed by atoms with Gasteiger partial charge in [0.1, 0.15) is 13.2 Å². The smallest absolute Gasteiger partial charge is 0.306 e. The van der Waals surface area contributed by atoms with Crippen LogP contribution in [-0.2, 0) is 28.6 Å². The van der Waals surface area contributed by atoms with Gasteiger partial charge in [0.2, 0.25) is 0 Å². The van der Waals surface area contributed by atoms with Crippen LogP contribution in [0.25, 0.3) is 0 Å². The Hall–Kier alpha value is -1.85. The van der Waals surface area contributed by atoms with Crippen LogP contribution in [0.1, 0.15) is 342 Å². The molecule has 0 aromatic heterocycles. The van der Waals surface area contributed by atoms with Crippen LogP contribution < -0.4 is 0 Å². The molecule has 0 aromatic rings. The zero-order chi connectivity index (χ0) is 48.6. The molecule has 0 N–H and O–H groups in total. The van der Waals surface area contributed by atoms with Gasteiger partial charge in [-0.25, -0.2) is 0 Å². The summed E-state index contributed by atoms with van der Waals surface area (Å²) in [5.41, 5.74) is 0. The molecule has 0 saturated carbocycles. The number of unbranched alkanes of at least 4 members (excludes halogenated alkanes) is 43. The molecule has 0 aromatic carbocycles. The highest BCUT2D eigenvalue weighted by atomic mass is 16.6. The van der Waals surface area contributed by atoms with Crippen molar-refractivity contribution in [3.63, 3.8) is 0 Å². The summed E-state index contributed by atoms with van der Waals surface area (Å²) >= 11 is 0. The van der Waals surface area contributed by atoms with Crippen molar-refractivity contribution >= 4 is 17.9 Å². The van der Waals surface area contributed by atoms with Crippen LogP contribution in [0.2, 0.25) is 0 Å². The van der Waals surface area contributed by atoms with E-state index in [1.807, 2.05) is 0 Å². The van der Waals surface area contributed by atoms with Crippen LogP contribution in [0, 0.1) is 0 Å². The highest BCUT2D eigenvalue weighted by molar-refractivity contribution is 5.71. The average molecular weight is 946 g/mol. The van der Waals surface area contributed by atoms with Gasteiger partial charge in [0, 0.05) is 19.3 Å². The maximum absolute atomic E-state index is 12.8. The summed E-state index contributed by atoms with van der Waals surface area (Å²) in [6.07, 6.45) is 65.1. The fourth-order valence-corrected chi connectivity index (χ4v) is 9.21. The molecule has 0 radical (unpaired) electrons. The molecule has 0 aliphatic heterocycles. The zero-order valence-electron chi connectivity index (χ0n) is 45.5. The molecule has 6 heteroatoms. The molecule has 1 unspecified atom stereocenters. The van der Waals surface area contributed by atoms with E-state index in [1.165, 1.54) is 238 Å². The lowest BCUT2D eigenvalue weighted by Crippen LogP contribution is -2.30. The number of hydrogen-bond donors (Lipinski definition) is 0. The van der Waals surface area contributed by atoms with Crippen molar-refractivity contribution in [2.75, 3.05) is 13.2 Å². The molecule has 6 nitrogen and oxygen atoms in total. The first kappa shape index (κ1) is 65.1. The van der Waals surface area contributed by atoms with E-state index in [0.29, 0.717) is 19.3 Å². The van der Waals surface area contributed by atoms with Gasteiger partial charge in [0.05, 0.1) is 0 Å². The Labute approximate surface area is 418 Å². The molecular formula is C61H116O6. The van der Waals surface area contributed by atoms with E-state index in [-0.39, 0.29) is 31.1 Å². The lowest BCUT2D eigenvalue weighted by atomic mass is 10.0. The molecule has 0 saturated heterocycles. The fourth-order valence-electron chi connectivity index (χ4n) is 9.21. The van der Waals surface area contributed by atoms with E-state index >= 15 is 0 Å². The SMILES string of the molecule is CCCCCCCCC/C=C\CCCCCCCC(=O)OC(COC(=O)CCCCCCCCCCC)COC(=O)CCCCCCCCCCCCCCCCCCCCCCCCCC. The van der Waals surface area contributed by atoms with Crippen molar-refractivity contribution in [2.24, 2.45) is 0 Å². The molecule has 0 rings (SSSR count). The predicted molar refractivity (Wildman–Crippen MR) is 289 cm³/mol. The standard InChI is InChI=1S/C61H116O6/c1-4-7-10-13-16-19-21-23-25-27-28-29-30-31-32-33-34-36-37-39-42-45-48-51-54-60(63)66-57-58(56-65-59(62)53-50-47-44-41-18-15-12-9-6-3)67-61(64)55-52-49-46-43-40-38-35-26-24-22-20-17-14-11-8-5-2/h26,35,58H,4-25,27-34,36-57H2,1-3H3/b35-26-. The largest absolute Gasteiger partial charge is 0.462 e. The highest BCUT2D eigenvalue weighted by Crippen LogP contribution is 2.18. The van der Waals surface area contributed by atoms with Crippen molar-refractivity contribution in [2.45, 2.75) is 348 Å². The minimum absolute atomic E-state index is 0.0677. The Kier molecular flexibility index (Phi) is 55.2. The number of hydrogen-bond acceptors (Lipinski definition) is 6. The maximum Gasteiger partial charge on any atom is 0.306 e. The number of ether oxygens (including phenoxy) is 3. The van der Waals surface area contributed by atoms with E-state index in [9.17, 15) is 14.4 Å². The molecule has 0 aliphatic rings. The van der Waals surface area contributed by atoms with Gasteiger partial charge < -0.3 is 14.2 Å². The first-order valence-corrected chi connectivity index (χ1v) is 30.2. The average Bonchev–Trinajstić information content (AvgIpc) is 3.33. The van der Waals surface area contributed by atoms with E-state index < -0.39 is 6.10 Å². The van der Waals surface area contributed by atoms with Gasteiger partial charge in [0.25, 0.3) is 0 Å². The quantitative estimate of drug-likeness (QED) is 0.0262. The first-order chi connectivity index (χ1) is 33.0. The van der Waals surface area contributed by atoms with Crippen LogP contribution in [0.5, 0.6) is 0 Å². The Morgan fingerprint density at radius 1 is 0.284 bits per heavy atom. The summed E-state index contributed by atoms with van der Waals surface area (Å²) in [5.74, 6) is -0.855. The van der Waals surface area contributed by atoms with Crippen LogP contribution >= 0.6 is 0 Å². The zero-order valence-corrected chi connectivity index (χ0v) is 45.5. The number of rotatable bonds is 56. The van der Waals surface area contributed by atoms with Gasteiger partial charge in [-0.1, -0.05) is 290 Å². The lowest BCUT2D eigenvalue weighted by molar-refractivity contribution is -0.167. The van der Waals surface area contributed by atoms with Gasteiger partial charge in [-0.3, -0.25) is 14.4 Å². The molecule has 0 aliphatic carbocycles. The van der Waals surface area contributed by atoms with Crippen molar-refractivity contribution in [3.05, 3.63) is 12.2 Å². The third kappa shape index (κ3) is 55.0. The highest BCUT2D eigenvalue weighted by Gasteiger charge is 2.19. The Morgan fingerprint density at radius 3 is 0.746 bits per heavy atom. The maximum atomic E-state index is 12.8. The number of carbonyl (C=O) groups excluding carboxylic acids is 3. The topological polar surface area (TPSA) is 78.9 Å². The summed E-state index contributed by atoms with van der Waals surface area (Å²) in [6.45, 7) is 6.67. The predicted octanol–water partition coefficient (Wildman–Crippen LogP) is 20.1. The number of carbonyl (C=O) groups is 3. The summed E-state index contributed by atoms with van der Waals surface area (Å²) in [7, 11) is 0. The van der Waals surface area contributed by atoms with Crippen LogP contribution in [0.15, 0.2) is 12.2 Å². The molecule has 0 spiro atoms. The van der Waals surface area contributed by atoms with E-state index in [0.717, 1.165) is 64.2 Å². The number of esters is 3. The molecule has 0 bridgehead atoms.